The summed E-state index contributed by atoms with van der Waals surface area (Å²) in [7, 11) is 1.77. The molecule has 3 N–H and O–H groups in total. The summed E-state index contributed by atoms with van der Waals surface area (Å²) >= 11 is 1.74. The molecule has 2 heterocycles. The topological polar surface area (TPSA) is 68.8 Å². The molecule has 2 amide bonds. The van der Waals surface area contributed by atoms with Gasteiger partial charge in [-0.05, 0) is 54.5 Å². The van der Waals surface area contributed by atoms with Crippen molar-refractivity contribution < 1.29 is 4.79 Å². The molecule has 0 unspecified atom stereocenters. The molecule has 152 valence electrons. The van der Waals surface area contributed by atoms with Crippen LogP contribution < -0.4 is 16.0 Å². The van der Waals surface area contributed by atoms with Crippen LogP contribution in [0.15, 0.2) is 40.7 Å². The van der Waals surface area contributed by atoms with Gasteiger partial charge < -0.3 is 20.9 Å². The minimum Gasteiger partial charge on any atom is -0.352 e. The van der Waals surface area contributed by atoms with Crippen LogP contribution in [0.3, 0.4) is 0 Å². The van der Waals surface area contributed by atoms with Crippen molar-refractivity contribution in [1.29, 1.82) is 0 Å². The lowest BCUT2D eigenvalue weighted by Gasteiger charge is -2.17. The van der Waals surface area contributed by atoms with Crippen molar-refractivity contribution in [2.75, 3.05) is 25.5 Å². The molecular weight excluding hydrogens is 485 g/mol. The number of nitrogens with zero attached hydrogens (tertiary/aromatic N) is 2. The van der Waals surface area contributed by atoms with Crippen molar-refractivity contribution in [3.63, 3.8) is 0 Å². The monoisotopic (exact) mass is 513 g/mol. The first-order valence-electron chi connectivity index (χ1n) is 9.28. The van der Waals surface area contributed by atoms with Gasteiger partial charge in [0.05, 0.1) is 6.54 Å². The summed E-state index contributed by atoms with van der Waals surface area (Å²) in [5.74, 6) is 0.759. The van der Waals surface area contributed by atoms with Crippen LogP contribution in [0, 0.1) is 6.92 Å². The third-order valence-electron chi connectivity index (χ3n) is 4.64. The van der Waals surface area contributed by atoms with E-state index in [1.165, 1.54) is 10.4 Å². The van der Waals surface area contributed by atoms with Crippen LogP contribution in [0.25, 0.3) is 0 Å². The number of aliphatic imine (C=N–C) groups is 1. The minimum atomic E-state index is -0.0126. The fourth-order valence-electron chi connectivity index (χ4n) is 3.04. The van der Waals surface area contributed by atoms with Crippen molar-refractivity contribution in [1.82, 2.24) is 15.5 Å². The average Bonchev–Trinajstić information content (AvgIpc) is 3.34. The highest BCUT2D eigenvalue weighted by Gasteiger charge is 2.17. The molecule has 6 nitrogen and oxygen atoms in total. The number of carbonyl (C=O) groups excluding carboxylic acids is 1. The fourth-order valence-corrected chi connectivity index (χ4v) is 3.88. The average molecular weight is 513 g/mol. The minimum absolute atomic E-state index is 0. The number of nitrogens with one attached hydrogen (secondary N) is 3. The highest BCUT2D eigenvalue weighted by Crippen LogP contribution is 2.15. The SMILES string of the molecule is CN=C(NCc1cccc(NC(=O)N2CCCC2)c1)NCc1sccc1C.I. The zero-order valence-corrected chi connectivity index (χ0v) is 19.5. The molecular formula is C20H28IN5OS. The second-order valence-electron chi connectivity index (χ2n) is 6.63. The number of hydrogen-bond donors (Lipinski definition) is 3. The van der Waals surface area contributed by atoms with Gasteiger partial charge in [0.1, 0.15) is 0 Å². The Balaban J connectivity index is 0.00000280. The molecule has 0 aliphatic carbocycles. The number of carbonyl (C=O) groups is 1. The van der Waals surface area contributed by atoms with Gasteiger partial charge in [-0.3, -0.25) is 4.99 Å². The Kier molecular flexibility index (Phi) is 9.04. The molecule has 28 heavy (non-hydrogen) atoms. The smallest absolute Gasteiger partial charge is 0.321 e. The largest absolute Gasteiger partial charge is 0.352 e. The summed E-state index contributed by atoms with van der Waals surface area (Å²) in [5, 5.41) is 11.8. The fraction of sp³-hybridized carbons (Fsp3) is 0.400. The Morgan fingerprint density at radius 2 is 1.93 bits per heavy atom. The first kappa shape index (κ1) is 22.5. The molecule has 1 aromatic carbocycles. The standard InChI is InChI=1S/C20H27N5OS.HI/c1-15-8-11-27-18(15)14-23-19(21-2)22-13-16-6-5-7-17(12-16)24-20(26)25-9-3-4-10-25;/h5-8,11-12H,3-4,9-10,13-14H2,1-2H3,(H,24,26)(H2,21,22,23);1H. The molecule has 2 aromatic rings. The summed E-state index contributed by atoms with van der Waals surface area (Å²) in [4.78, 5) is 19.7. The van der Waals surface area contributed by atoms with Crippen LogP contribution in [-0.4, -0.2) is 37.0 Å². The highest BCUT2D eigenvalue weighted by molar-refractivity contribution is 14.0. The molecule has 0 saturated carbocycles. The first-order valence-corrected chi connectivity index (χ1v) is 10.2. The van der Waals surface area contributed by atoms with Crippen LogP contribution in [0.2, 0.25) is 0 Å². The van der Waals surface area contributed by atoms with Crippen LogP contribution in [0.5, 0.6) is 0 Å². The van der Waals surface area contributed by atoms with Crippen molar-refractivity contribution in [2.45, 2.75) is 32.9 Å². The van der Waals surface area contributed by atoms with Crippen molar-refractivity contribution in [2.24, 2.45) is 4.99 Å². The molecule has 0 atom stereocenters. The number of anilines is 1. The van der Waals surface area contributed by atoms with E-state index in [-0.39, 0.29) is 30.0 Å². The maximum atomic E-state index is 12.2. The van der Waals surface area contributed by atoms with E-state index >= 15 is 0 Å². The number of likely N-dealkylation sites (tertiary alicyclic amines) is 1. The molecule has 1 saturated heterocycles. The number of aryl methyl sites for hydroxylation is 1. The molecule has 1 aliphatic rings. The zero-order chi connectivity index (χ0) is 19.1. The van der Waals surface area contributed by atoms with E-state index in [2.05, 4.69) is 39.3 Å². The molecule has 3 rings (SSSR count). The Hall–Kier alpha value is -1.81. The Morgan fingerprint density at radius 1 is 1.18 bits per heavy atom. The summed E-state index contributed by atoms with van der Waals surface area (Å²) in [5.41, 5.74) is 3.21. The van der Waals surface area contributed by atoms with Gasteiger partial charge in [-0.25, -0.2) is 4.79 Å². The Bertz CT molecular complexity index is 801. The van der Waals surface area contributed by atoms with Gasteiger partial charge in [0, 0.05) is 37.2 Å². The van der Waals surface area contributed by atoms with Gasteiger partial charge >= 0.3 is 6.03 Å². The Labute approximate surface area is 187 Å². The van der Waals surface area contributed by atoms with Crippen molar-refractivity contribution in [3.05, 3.63) is 51.7 Å². The predicted octanol–water partition coefficient (Wildman–Crippen LogP) is 4.17. The molecule has 1 aliphatic heterocycles. The van der Waals surface area contributed by atoms with Gasteiger partial charge in [0.2, 0.25) is 0 Å². The van der Waals surface area contributed by atoms with E-state index < -0.39 is 0 Å². The number of hydrogen-bond acceptors (Lipinski definition) is 3. The summed E-state index contributed by atoms with van der Waals surface area (Å²) < 4.78 is 0. The van der Waals surface area contributed by atoms with Gasteiger partial charge in [0.25, 0.3) is 0 Å². The van der Waals surface area contributed by atoms with Crippen LogP contribution in [0.1, 0.15) is 28.8 Å². The molecule has 1 aromatic heterocycles. The third-order valence-corrected chi connectivity index (χ3v) is 5.66. The van der Waals surface area contributed by atoms with Crippen molar-refractivity contribution in [3.8, 4) is 0 Å². The lowest BCUT2D eigenvalue weighted by Crippen LogP contribution is -2.36. The van der Waals surface area contributed by atoms with E-state index in [4.69, 9.17) is 0 Å². The predicted molar refractivity (Wildman–Crippen MR) is 128 cm³/mol. The van der Waals surface area contributed by atoms with Gasteiger partial charge in [0.15, 0.2) is 5.96 Å². The molecule has 0 spiro atoms. The van der Waals surface area contributed by atoms with Crippen molar-refractivity contribution >= 4 is 53.0 Å². The number of guanidine groups is 1. The maximum absolute atomic E-state index is 12.2. The van der Waals surface area contributed by atoms with E-state index in [0.717, 1.165) is 49.7 Å². The lowest BCUT2D eigenvalue weighted by atomic mass is 10.2. The van der Waals surface area contributed by atoms with Gasteiger partial charge in [-0.2, -0.15) is 0 Å². The lowest BCUT2D eigenvalue weighted by molar-refractivity contribution is 0.222. The molecule has 1 fully saturated rings. The van der Waals surface area contributed by atoms with Gasteiger partial charge in [-0.15, -0.1) is 35.3 Å². The molecule has 0 bridgehead atoms. The second kappa shape index (κ2) is 11.3. The number of urea groups is 1. The van der Waals surface area contributed by atoms with Crippen LogP contribution >= 0.6 is 35.3 Å². The highest BCUT2D eigenvalue weighted by atomic mass is 127. The number of rotatable bonds is 5. The van der Waals surface area contributed by atoms with E-state index in [1.54, 1.807) is 18.4 Å². The number of amides is 2. The third kappa shape index (κ3) is 6.37. The number of benzene rings is 1. The van der Waals surface area contributed by atoms with Crippen LogP contribution in [-0.2, 0) is 13.1 Å². The number of halogens is 1. The van der Waals surface area contributed by atoms with E-state index in [9.17, 15) is 4.79 Å². The Morgan fingerprint density at radius 3 is 2.61 bits per heavy atom. The quantitative estimate of drug-likeness (QED) is 0.320. The van der Waals surface area contributed by atoms with E-state index in [0.29, 0.717) is 6.54 Å². The second-order valence-corrected chi connectivity index (χ2v) is 7.63. The number of thiophene rings is 1. The summed E-state index contributed by atoms with van der Waals surface area (Å²) in [6.45, 7) is 5.20. The van der Waals surface area contributed by atoms with E-state index in [1.807, 2.05) is 29.2 Å². The summed E-state index contributed by atoms with van der Waals surface area (Å²) in [6, 6.07) is 10.0. The van der Waals surface area contributed by atoms with Crippen LogP contribution in [0.4, 0.5) is 10.5 Å². The summed E-state index contributed by atoms with van der Waals surface area (Å²) in [6.07, 6.45) is 2.18. The molecule has 8 heteroatoms. The maximum Gasteiger partial charge on any atom is 0.321 e. The normalized spacial score (nSPS) is 13.8. The van der Waals surface area contributed by atoms with Gasteiger partial charge in [-0.1, -0.05) is 12.1 Å². The first-order chi connectivity index (χ1) is 13.2. The molecule has 0 radical (unpaired) electrons. The zero-order valence-electron chi connectivity index (χ0n) is 16.3.